The second-order valence-electron chi connectivity index (χ2n) is 8.16. The number of halogens is 3. The Morgan fingerprint density at radius 1 is 1.17 bits per heavy atom. The second kappa shape index (κ2) is 9.21. The fraction of sp³-hybridized carbons (Fsp3) is 0.650. The molecule has 6 nitrogen and oxygen atoms in total. The summed E-state index contributed by atoms with van der Waals surface area (Å²) in [5.74, 6) is 0.719. The highest BCUT2D eigenvalue weighted by Gasteiger charge is 2.34. The van der Waals surface area contributed by atoms with E-state index in [1.807, 2.05) is 13.8 Å². The number of ketones is 1. The molecule has 164 valence electrons. The number of imidazole rings is 1. The Labute approximate surface area is 169 Å². The number of aliphatic hydroxyl groups is 1. The van der Waals surface area contributed by atoms with Gasteiger partial charge in [0.1, 0.15) is 22.8 Å². The molecule has 0 fully saturated rings. The van der Waals surface area contributed by atoms with Gasteiger partial charge in [0.2, 0.25) is 0 Å². The Hall–Kier alpha value is -2.00. The molecule has 1 N–H and O–H groups in total. The molecule has 29 heavy (non-hydrogen) atoms. The summed E-state index contributed by atoms with van der Waals surface area (Å²) in [6.45, 7) is 10.9. The molecule has 2 aromatic rings. The van der Waals surface area contributed by atoms with E-state index < -0.39 is 23.0 Å². The number of rotatable bonds is 6. The summed E-state index contributed by atoms with van der Waals surface area (Å²) in [5, 5.41) is 9.10. The zero-order chi connectivity index (χ0) is 22.6. The Morgan fingerprint density at radius 3 is 2.17 bits per heavy atom. The van der Waals surface area contributed by atoms with E-state index >= 15 is 0 Å². The third-order valence-electron chi connectivity index (χ3n) is 4.09. The van der Waals surface area contributed by atoms with Gasteiger partial charge in [-0.25, -0.2) is 9.97 Å². The Morgan fingerprint density at radius 2 is 1.76 bits per heavy atom. The topological polar surface area (TPSA) is 77.2 Å². The first-order valence-electron chi connectivity index (χ1n) is 9.29. The number of aromatic nitrogens is 3. The monoisotopic (exact) mass is 417 g/mol. The van der Waals surface area contributed by atoms with E-state index in [1.165, 1.54) is 6.07 Å². The maximum absolute atomic E-state index is 12.8. The Bertz CT molecular complexity index is 837. The van der Waals surface area contributed by atoms with Crippen molar-refractivity contribution in [2.45, 2.75) is 71.7 Å². The third kappa shape index (κ3) is 7.08. The number of methoxy groups -OCH3 is 1. The first-order chi connectivity index (χ1) is 13.1. The lowest BCUT2D eigenvalue weighted by Gasteiger charge is -2.27. The van der Waals surface area contributed by atoms with Crippen molar-refractivity contribution in [3.05, 3.63) is 23.7 Å². The van der Waals surface area contributed by atoms with Crippen LogP contribution in [0.4, 0.5) is 13.2 Å². The Kier molecular flexibility index (Phi) is 7.95. The molecule has 2 heterocycles. The summed E-state index contributed by atoms with van der Waals surface area (Å²) in [5.41, 5.74) is -1.61. The number of carbonyl (C=O) groups excluding carboxylic acids is 1. The van der Waals surface area contributed by atoms with Crippen LogP contribution in [0.15, 0.2) is 12.1 Å². The number of Topliss-reactive ketones (excluding diaryl/α,β-unsaturated/α-hetero) is 1. The van der Waals surface area contributed by atoms with E-state index in [2.05, 4.69) is 9.97 Å². The molecule has 0 spiro atoms. The van der Waals surface area contributed by atoms with E-state index in [-0.39, 0.29) is 17.9 Å². The van der Waals surface area contributed by atoms with E-state index in [9.17, 15) is 18.0 Å². The predicted octanol–water partition coefficient (Wildman–Crippen LogP) is 4.27. The second-order valence-corrected chi connectivity index (χ2v) is 8.16. The van der Waals surface area contributed by atoms with Crippen LogP contribution in [0.2, 0.25) is 0 Å². The minimum Gasteiger partial charge on any atom is -0.390 e. The highest BCUT2D eigenvalue weighted by Crippen LogP contribution is 2.31. The number of hydrogen-bond acceptors (Lipinski definition) is 5. The predicted molar refractivity (Wildman–Crippen MR) is 105 cm³/mol. The van der Waals surface area contributed by atoms with Gasteiger partial charge in [0.25, 0.3) is 0 Å². The van der Waals surface area contributed by atoms with Crippen molar-refractivity contribution in [1.82, 2.24) is 14.5 Å². The van der Waals surface area contributed by atoms with Crippen LogP contribution in [0, 0.1) is 6.92 Å². The van der Waals surface area contributed by atoms with Crippen molar-refractivity contribution in [2.24, 2.45) is 0 Å². The average Bonchev–Trinajstić information content (AvgIpc) is 2.88. The van der Waals surface area contributed by atoms with Crippen molar-refractivity contribution >= 4 is 16.9 Å². The van der Waals surface area contributed by atoms with Crippen LogP contribution in [0.5, 0.6) is 0 Å². The lowest BCUT2D eigenvalue weighted by molar-refractivity contribution is -0.141. The average molecular weight is 417 g/mol. The van der Waals surface area contributed by atoms with Gasteiger partial charge in [0.05, 0.1) is 17.7 Å². The molecule has 0 amide bonds. The van der Waals surface area contributed by atoms with Crippen molar-refractivity contribution in [3.8, 4) is 0 Å². The fourth-order valence-corrected chi connectivity index (χ4v) is 2.98. The van der Waals surface area contributed by atoms with Crippen LogP contribution in [-0.4, -0.2) is 44.7 Å². The van der Waals surface area contributed by atoms with Gasteiger partial charge in [-0.15, -0.1) is 0 Å². The first-order valence-corrected chi connectivity index (χ1v) is 9.29. The standard InChI is InChI=1S/C13H16F3N3O.C7H14O2/c1-8-17-9-5-6-10(13(14,15)16)18-11(9)19(8)12(2,3)7-20-4;1-4-6(8)5-7(2,3)9/h5-6H,7H2,1-4H3;9H,4-5H2,1-3H3. The summed E-state index contributed by atoms with van der Waals surface area (Å²) < 4.78 is 45.2. The molecule has 0 saturated carbocycles. The van der Waals surface area contributed by atoms with Crippen LogP contribution < -0.4 is 0 Å². The lowest BCUT2D eigenvalue weighted by Crippen LogP contribution is -2.32. The van der Waals surface area contributed by atoms with Gasteiger partial charge in [0, 0.05) is 20.0 Å². The maximum atomic E-state index is 12.8. The quantitative estimate of drug-likeness (QED) is 0.760. The van der Waals surface area contributed by atoms with Gasteiger partial charge in [-0.2, -0.15) is 13.2 Å². The summed E-state index contributed by atoms with van der Waals surface area (Å²) >= 11 is 0. The number of hydrogen-bond donors (Lipinski definition) is 1. The SMILES string of the molecule is CCC(=O)CC(C)(C)O.COCC(C)(C)n1c(C)nc2ccc(C(F)(F)F)nc21. The molecule has 0 aliphatic carbocycles. The number of pyridine rings is 1. The molecule has 2 aromatic heterocycles. The lowest BCUT2D eigenvalue weighted by atomic mass is 10.0. The fourth-order valence-electron chi connectivity index (χ4n) is 2.98. The number of aryl methyl sites for hydroxylation is 1. The van der Waals surface area contributed by atoms with Gasteiger partial charge in [-0.1, -0.05) is 6.92 Å². The molecular formula is C20H30F3N3O3. The molecule has 2 rings (SSSR count). The van der Waals surface area contributed by atoms with Crippen molar-refractivity contribution in [1.29, 1.82) is 0 Å². The smallest absolute Gasteiger partial charge is 0.390 e. The molecule has 0 aliphatic rings. The van der Waals surface area contributed by atoms with Gasteiger partial charge in [-0.05, 0) is 46.8 Å². The number of nitrogens with zero attached hydrogens (tertiary/aromatic N) is 3. The van der Waals surface area contributed by atoms with Crippen LogP contribution in [-0.2, 0) is 21.2 Å². The van der Waals surface area contributed by atoms with Gasteiger partial charge in [-0.3, -0.25) is 4.79 Å². The Balaban J connectivity index is 0.000000396. The van der Waals surface area contributed by atoms with Gasteiger partial charge < -0.3 is 14.4 Å². The molecule has 0 aromatic carbocycles. The summed E-state index contributed by atoms with van der Waals surface area (Å²) in [7, 11) is 1.55. The molecule has 0 bridgehead atoms. The molecule has 0 aliphatic heterocycles. The summed E-state index contributed by atoms with van der Waals surface area (Å²) in [6.07, 6.45) is -3.68. The highest BCUT2D eigenvalue weighted by molar-refractivity contribution is 5.78. The van der Waals surface area contributed by atoms with E-state index in [0.29, 0.717) is 24.4 Å². The molecule has 9 heteroatoms. The van der Waals surface area contributed by atoms with Gasteiger partial charge >= 0.3 is 6.18 Å². The van der Waals surface area contributed by atoms with Crippen LogP contribution in [0.1, 0.15) is 59.0 Å². The third-order valence-corrected chi connectivity index (χ3v) is 4.09. The van der Waals surface area contributed by atoms with Crippen LogP contribution >= 0.6 is 0 Å². The van der Waals surface area contributed by atoms with Crippen LogP contribution in [0.3, 0.4) is 0 Å². The molecule has 0 saturated heterocycles. The maximum Gasteiger partial charge on any atom is 0.433 e. The number of ether oxygens (including phenoxy) is 1. The number of fused-ring (bicyclic) bond motifs is 1. The van der Waals surface area contributed by atoms with Crippen molar-refractivity contribution < 1.29 is 27.8 Å². The normalized spacial score (nSPS) is 12.7. The van der Waals surface area contributed by atoms with E-state index in [1.54, 1.807) is 39.4 Å². The zero-order valence-electron chi connectivity index (χ0n) is 18.0. The molecule has 0 radical (unpaired) electrons. The minimum absolute atomic E-state index is 0.113. The van der Waals surface area contributed by atoms with Crippen LogP contribution in [0.25, 0.3) is 11.2 Å². The van der Waals surface area contributed by atoms with Gasteiger partial charge in [0.15, 0.2) is 5.65 Å². The summed E-state index contributed by atoms with van der Waals surface area (Å²) in [4.78, 5) is 18.7. The molecule has 0 unspecified atom stereocenters. The number of carbonyl (C=O) groups is 1. The highest BCUT2D eigenvalue weighted by atomic mass is 19.4. The zero-order valence-corrected chi connectivity index (χ0v) is 18.0. The van der Waals surface area contributed by atoms with E-state index in [0.717, 1.165) is 6.07 Å². The number of alkyl halides is 3. The summed E-state index contributed by atoms with van der Waals surface area (Å²) in [6, 6.07) is 2.29. The molecular weight excluding hydrogens is 387 g/mol. The van der Waals surface area contributed by atoms with E-state index in [4.69, 9.17) is 9.84 Å². The van der Waals surface area contributed by atoms with Crippen molar-refractivity contribution in [2.75, 3.05) is 13.7 Å². The largest absolute Gasteiger partial charge is 0.433 e. The molecule has 0 atom stereocenters. The first kappa shape index (κ1) is 25.0. The minimum atomic E-state index is -4.47. The van der Waals surface area contributed by atoms with Crippen molar-refractivity contribution in [3.63, 3.8) is 0 Å².